The quantitative estimate of drug-likeness (QED) is 0.247. The summed E-state index contributed by atoms with van der Waals surface area (Å²) in [6.07, 6.45) is 2.05. The van der Waals surface area contributed by atoms with Crippen molar-refractivity contribution >= 4 is 27.5 Å². The number of hydrogen-bond donors (Lipinski definition) is 1. The van der Waals surface area contributed by atoms with Crippen LogP contribution >= 0.6 is 11.3 Å². The molecule has 11 nitrogen and oxygen atoms in total. The Balaban J connectivity index is 2.01. The maximum absolute atomic E-state index is 14.6. The minimum atomic E-state index is -1.87. The molecule has 4 aromatic rings. The van der Waals surface area contributed by atoms with Crippen LogP contribution < -0.4 is 16.0 Å². The summed E-state index contributed by atoms with van der Waals surface area (Å²) in [5.41, 5.74) is -2.54. The summed E-state index contributed by atoms with van der Waals surface area (Å²) in [7, 11) is 1.53. The number of aryl methyl sites for hydroxylation is 1. The van der Waals surface area contributed by atoms with Gasteiger partial charge in [0.05, 0.1) is 24.6 Å². The highest BCUT2D eigenvalue weighted by molar-refractivity contribution is 7.21. The number of nitrogens with zero attached hydrogens (tertiary/aromatic N) is 4. The number of ether oxygens (including phenoxy) is 3. The summed E-state index contributed by atoms with van der Waals surface area (Å²) in [4.78, 5) is 40.4. The van der Waals surface area contributed by atoms with Gasteiger partial charge in [0.15, 0.2) is 0 Å². The number of rotatable bonds is 12. The van der Waals surface area contributed by atoms with E-state index in [0.717, 1.165) is 4.57 Å². The van der Waals surface area contributed by atoms with Gasteiger partial charge in [0.1, 0.15) is 39.6 Å². The SMILES string of the molecule is COCCOc1ccc(F)cc1[C@H](Cn1c(=O)n(C(C)(C)C(=O)O)c(=O)c2c(C)c(-n3cccn3)sc21)OC(C)C. The third kappa shape index (κ3) is 5.83. The summed E-state index contributed by atoms with van der Waals surface area (Å²) in [6.45, 7) is 8.25. The molecule has 41 heavy (non-hydrogen) atoms. The third-order valence-electron chi connectivity index (χ3n) is 6.63. The van der Waals surface area contributed by atoms with E-state index in [9.17, 15) is 23.9 Å². The number of thiophene rings is 1. The van der Waals surface area contributed by atoms with Crippen LogP contribution in [-0.4, -0.2) is 56.4 Å². The molecule has 1 N–H and O–H groups in total. The van der Waals surface area contributed by atoms with Crippen LogP contribution in [0.3, 0.4) is 0 Å². The van der Waals surface area contributed by atoms with Gasteiger partial charge >= 0.3 is 11.7 Å². The van der Waals surface area contributed by atoms with Crippen LogP contribution in [0.1, 0.15) is 44.9 Å². The van der Waals surface area contributed by atoms with Crippen molar-refractivity contribution in [2.45, 2.75) is 58.9 Å². The Kier molecular flexibility index (Phi) is 8.80. The second-order valence-electron chi connectivity index (χ2n) is 10.3. The molecule has 0 aliphatic rings. The maximum Gasteiger partial charge on any atom is 0.333 e. The average molecular weight is 589 g/mol. The van der Waals surface area contributed by atoms with Crippen LogP contribution in [0.2, 0.25) is 0 Å². The first-order valence-electron chi connectivity index (χ1n) is 13.0. The topological polar surface area (TPSA) is 127 Å². The molecule has 4 rings (SSSR count). The Morgan fingerprint density at radius 1 is 1.22 bits per heavy atom. The van der Waals surface area contributed by atoms with Gasteiger partial charge in [-0.3, -0.25) is 9.36 Å². The number of benzene rings is 1. The fourth-order valence-corrected chi connectivity index (χ4v) is 5.78. The molecule has 0 spiro atoms. The van der Waals surface area contributed by atoms with Gasteiger partial charge in [-0.15, -0.1) is 0 Å². The lowest BCUT2D eigenvalue weighted by molar-refractivity contribution is -0.146. The fourth-order valence-electron chi connectivity index (χ4n) is 4.54. The first kappa shape index (κ1) is 30.2. The second kappa shape index (κ2) is 12.0. The number of fused-ring (bicyclic) bond motifs is 1. The number of hydrogen-bond acceptors (Lipinski definition) is 8. The van der Waals surface area contributed by atoms with Crippen LogP contribution in [0.4, 0.5) is 4.39 Å². The van der Waals surface area contributed by atoms with Gasteiger partial charge in [0, 0.05) is 30.6 Å². The highest BCUT2D eigenvalue weighted by atomic mass is 32.1. The molecular formula is C28H33FN4O7S. The van der Waals surface area contributed by atoms with E-state index in [2.05, 4.69) is 5.10 Å². The lowest BCUT2D eigenvalue weighted by atomic mass is 10.1. The summed E-state index contributed by atoms with van der Waals surface area (Å²) in [6, 6.07) is 5.75. The van der Waals surface area contributed by atoms with E-state index >= 15 is 0 Å². The van der Waals surface area contributed by atoms with E-state index in [4.69, 9.17) is 14.2 Å². The largest absolute Gasteiger partial charge is 0.491 e. The predicted octanol–water partition coefficient (Wildman–Crippen LogP) is 3.87. The zero-order valence-electron chi connectivity index (χ0n) is 23.7. The van der Waals surface area contributed by atoms with E-state index in [1.54, 1.807) is 43.9 Å². The van der Waals surface area contributed by atoms with Crippen molar-refractivity contribution in [3.63, 3.8) is 0 Å². The van der Waals surface area contributed by atoms with E-state index < -0.39 is 34.7 Å². The summed E-state index contributed by atoms with van der Waals surface area (Å²) >= 11 is 1.17. The molecule has 0 unspecified atom stereocenters. The van der Waals surface area contributed by atoms with E-state index in [1.165, 1.54) is 55.1 Å². The number of carbonyl (C=O) groups is 1. The van der Waals surface area contributed by atoms with Gasteiger partial charge in [0.2, 0.25) is 0 Å². The minimum absolute atomic E-state index is 0.161. The smallest absolute Gasteiger partial charge is 0.333 e. The molecule has 0 aliphatic carbocycles. The summed E-state index contributed by atoms with van der Waals surface area (Å²) < 4.78 is 35.3. The Morgan fingerprint density at radius 3 is 2.56 bits per heavy atom. The van der Waals surface area contributed by atoms with Crippen molar-refractivity contribution in [3.8, 4) is 10.8 Å². The molecule has 1 aromatic carbocycles. The van der Waals surface area contributed by atoms with Crippen molar-refractivity contribution in [2.24, 2.45) is 0 Å². The highest BCUT2D eigenvalue weighted by Gasteiger charge is 2.36. The lowest BCUT2D eigenvalue weighted by Gasteiger charge is -2.27. The molecule has 3 heterocycles. The van der Waals surface area contributed by atoms with Crippen LogP contribution in [-0.2, 0) is 26.4 Å². The lowest BCUT2D eigenvalue weighted by Crippen LogP contribution is -2.52. The van der Waals surface area contributed by atoms with Gasteiger partial charge in [0.25, 0.3) is 5.56 Å². The van der Waals surface area contributed by atoms with Gasteiger partial charge in [-0.25, -0.2) is 23.2 Å². The van der Waals surface area contributed by atoms with E-state index in [0.29, 0.717) is 33.3 Å². The molecule has 0 fully saturated rings. The fraction of sp³-hybridized carbons (Fsp3) is 0.429. The summed E-state index contributed by atoms with van der Waals surface area (Å²) in [5, 5.41) is 15.0. The van der Waals surface area contributed by atoms with Gasteiger partial charge in [-0.05, 0) is 58.9 Å². The van der Waals surface area contributed by atoms with E-state index in [-0.39, 0.29) is 24.6 Å². The summed E-state index contributed by atoms with van der Waals surface area (Å²) in [5.74, 6) is -1.53. The number of aliphatic carboxylic acids is 1. The Morgan fingerprint density at radius 2 is 1.95 bits per heavy atom. The molecular weight excluding hydrogens is 555 g/mol. The zero-order chi connectivity index (χ0) is 30.1. The standard InChI is InChI=1S/C28H33FN4O7S/c1-16(2)40-21(19-14-18(29)8-9-20(19)39-13-12-38-6)15-31-25-22(17(3)24(41-25)32-11-7-10-30-32)23(34)33(27(31)37)28(4,5)26(35)36/h7-11,14,16,21H,12-13,15H2,1-6H3,(H,35,36)/t21-/m0/s1. The molecule has 0 saturated heterocycles. The van der Waals surface area contributed by atoms with Crippen LogP contribution in [0.25, 0.3) is 15.2 Å². The molecule has 220 valence electrons. The first-order chi connectivity index (χ1) is 19.4. The number of aromatic nitrogens is 4. The van der Waals surface area contributed by atoms with Crippen molar-refractivity contribution in [1.82, 2.24) is 18.9 Å². The molecule has 0 radical (unpaired) electrons. The molecule has 0 aliphatic heterocycles. The predicted molar refractivity (Wildman–Crippen MR) is 152 cm³/mol. The van der Waals surface area contributed by atoms with Gasteiger partial charge < -0.3 is 19.3 Å². The molecule has 0 bridgehead atoms. The number of halogens is 1. The average Bonchev–Trinajstić information content (AvgIpc) is 3.54. The van der Waals surface area contributed by atoms with E-state index in [1.807, 2.05) is 0 Å². The third-order valence-corrected chi connectivity index (χ3v) is 7.94. The molecule has 1 atom stereocenters. The molecule has 0 amide bonds. The van der Waals surface area contributed by atoms with Gasteiger partial charge in [-0.1, -0.05) is 11.3 Å². The molecule has 13 heteroatoms. The monoisotopic (exact) mass is 588 g/mol. The normalized spacial score (nSPS) is 12.8. The molecule has 3 aromatic heterocycles. The Bertz CT molecular complexity index is 1670. The first-order valence-corrected chi connectivity index (χ1v) is 13.8. The highest BCUT2D eigenvalue weighted by Crippen LogP contribution is 2.35. The maximum atomic E-state index is 14.6. The van der Waals surface area contributed by atoms with Crippen molar-refractivity contribution in [1.29, 1.82) is 0 Å². The van der Waals surface area contributed by atoms with Crippen LogP contribution in [0, 0.1) is 12.7 Å². The zero-order valence-corrected chi connectivity index (χ0v) is 24.5. The van der Waals surface area contributed by atoms with Gasteiger partial charge in [-0.2, -0.15) is 5.10 Å². The number of methoxy groups -OCH3 is 1. The minimum Gasteiger partial charge on any atom is -0.491 e. The number of carboxylic acids is 1. The van der Waals surface area contributed by atoms with Crippen molar-refractivity contribution in [2.75, 3.05) is 20.3 Å². The number of carboxylic acid groups (broad SMARTS) is 1. The van der Waals surface area contributed by atoms with Crippen LogP contribution in [0.5, 0.6) is 5.75 Å². The van der Waals surface area contributed by atoms with Crippen molar-refractivity contribution in [3.05, 3.63) is 74.4 Å². The van der Waals surface area contributed by atoms with Crippen LogP contribution in [0.15, 0.2) is 46.2 Å². The Labute approximate surface area is 239 Å². The second-order valence-corrected chi connectivity index (χ2v) is 11.2. The molecule has 0 saturated carbocycles. The Hall–Kier alpha value is -3.81. The van der Waals surface area contributed by atoms with Crippen molar-refractivity contribution < 1.29 is 28.5 Å².